The van der Waals surface area contributed by atoms with E-state index in [1.165, 1.54) is 14.2 Å². The Morgan fingerprint density at radius 1 is 0.556 bits per heavy atom. The molecule has 3 heterocycles. The van der Waals surface area contributed by atoms with Gasteiger partial charge in [0.1, 0.15) is 0 Å². The minimum atomic E-state index is -0.463. The molecule has 0 fully saturated rings. The molecule has 0 unspecified atom stereocenters. The fourth-order valence-electron chi connectivity index (χ4n) is 6.41. The van der Waals surface area contributed by atoms with Gasteiger partial charge in [-0.05, 0) is 78.9 Å². The van der Waals surface area contributed by atoms with Gasteiger partial charge < -0.3 is 31.6 Å². The van der Waals surface area contributed by atoms with E-state index in [9.17, 15) is 9.59 Å². The zero-order valence-corrected chi connectivity index (χ0v) is 30.1. The highest BCUT2D eigenvalue weighted by Crippen LogP contribution is 2.27. The summed E-state index contributed by atoms with van der Waals surface area (Å²) in [7, 11) is 2.74. The minimum Gasteiger partial charge on any atom is -0.452 e. The molecule has 0 aliphatic heterocycles. The molecule has 54 heavy (non-hydrogen) atoms. The van der Waals surface area contributed by atoms with E-state index in [2.05, 4.69) is 16.7 Å². The first kappa shape index (κ1) is 35.8. The number of carbonyl (C=O) groups is 2. The monoisotopic (exact) mass is 723 g/mol. The number of fused-ring (bicyclic) bond motifs is 4. The topological polar surface area (TPSA) is 174 Å². The van der Waals surface area contributed by atoms with E-state index < -0.39 is 12.2 Å². The van der Waals surface area contributed by atoms with Gasteiger partial charge in [0, 0.05) is 83.6 Å². The first-order valence-corrected chi connectivity index (χ1v) is 17.6. The summed E-state index contributed by atoms with van der Waals surface area (Å²) in [6.07, 6.45) is -0.915. The van der Waals surface area contributed by atoms with Gasteiger partial charge in [-0.3, -0.25) is 14.8 Å². The summed E-state index contributed by atoms with van der Waals surface area (Å²) >= 11 is 0. The first-order valence-electron chi connectivity index (χ1n) is 17.6. The van der Waals surface area contributed by atoms with Crippen LogP contribution in [0, 0.1) is 0 Å². The van der Waals surface area contributed by atoms with E-state index in [-0.39, 0.29) is 0 Å². The quantitative estimate of drug-likeness (QED) is 0.0626. The van der Waals surface area contributed by atoms with Crippen molar-refractivity contribution in [3.63, 3.8) is 0 Å². The normalized spacial score (nSPS) is 11.3. The lowest BCUT2D eigenvalue weighted by Gasteiger charge is -2.22. The minimum absolute atomic E-state index is 0.371. The molecule has 0 aliphatic carbocycles. The van der Waals surface area contributed by atoms with E-state index in [1.807, 2.05) is 97.1 Å². The Hall–Kier alpha value is -6.57. The summed E-state index contributed by atoms with van der Waals surface area (Å²) in [6, 6.07) is 32.7. The average molecular weight is 724 g/mol. The molecule has 7 aromatic rings. The molecule has 13 heteroatoms. The van der Waals surface area contributed by atoms with Crippen LogP contribution in [0.3, 0.4) is 0 Å². The largest absolute Gasteiger partial charge is 0.452 e. The van der Waals surface area contributed by atoms with Crippen molar-refractivity contribution < 1.29 is 19.1 Å². The Morgan fingerprint density at radius 3 is 1.61 bits per heavy atom. The number of pyridine rings is 3. The molecule has 2 amide bonds. The molecular weight excluding hydrogens is 683 g/mol. The summed E-state index contributed by atoms with van der Waals surface area (Å²) < 4.78 is 10.2. The summed E-state index contributed by atoms with van der Waals surface area (Å²) in [5.41, 5.74) is 19.5. The molecule has 3 aromatic heterocycles. The predicted octanol–water partition coefficient (Wildman–Crippen LogP) is 6.37. The highest BCUT2D eigenvalue weighted by atomic mass is 16.5. The Bertz CT molecular complexity index is 2490. The number of nitrogens with two attached hydrogens (primary N) is 2. The van der Waals surface area contributed by atoms with Crippen molar-refractivity contribution >= 4 is 78.5 Å². The number of benzene rings is 4. The Labute approximate surface area is 311 Å². The van der Waals surface area contributed by atoms with Crippen molar-refractivity contribution in [1.82, 2.24) is 25.6 Å². The van der Waals surface area contributed by atoms with Crippen molar-refractivity contribution in [3.05, 3.63) is 115 Å². The summed E-state index contributed by atoms with van der Waals surface area (Å²) in [4.78, 5) is 43.1. The third-order valence-electron chi connectivity index (χ3n) is 9.15. The molecule has 0 saturated heterocycles. The number of anilines is 4. The van der Waals surface area contributed by atoms with Crippen LogP contribution in [0.15, 0.2) is 103 Å². The van der Waals surface area contributed by atoms with Crippen molar-refractivity contribution in [2.24, 2.45) is 0 Å². The average Bonchev–Trinajstić information content (AvgIpc) is 3.18. The molecule has 13 nitrogen and oxygen atoms in total. The molecule has 0 bridgehead atoms. The van der Waals surface area contributed by atoms with Crippen LogP contribution in [0.1, 0.15) is 11.4 Å². The van der Waals surface area contributed by atoms with Crippen LogP contribution >= 0.6 is 0 Å². The lowest BCUT2D eigenvalue weighted by molar-refractivity contribution is 0.178. The molecule has 274 valence electrons. The van der Waals surface area contributed by atoms with Crippen LogP contribution in [-0.2, 0) is 22.6 Å². The zero-order valence-electron chi connectivity index (χ0n) is 30.1. The molecule has 0 radical (unpaired) electrons. The van der Waals surface area contributed by atoms with E-state index in [0.29, 0.717) is 62.0 Å². The second-order valence-corrected chi connectivity index (χ2v) is 12.9. The van der Waals surface area contributed by atoms with E-state index in [4.69, 9.17) is 35.9 Å². The molecule has 6 N–H and O–H groups in total. The number of methoxy groups -OCH3 is 2. The van der Waals surface area contributed by atoms with E-state index in [1.54, 1.807) is 9.80 Å². The summed E-state index contributed by atoms with van der Waals surface area (Å²) in [5, 5.41) is 10.6. The van der Waals surface area contributed by atoms with Gasteiger partial charge in [0.05, 0.1) is 47.7 Å². The lowest BCUT2D eigenvalue weighted by atomic mass is 10.1. The third-order valence-corrected chi connectivity index (χ3v) is 9.15. The molecule has 0 spiro atoms. The summed E-state index contributed by atoms with van der Waals surface area (Å²) in [6.45, 7) is 2.77. The van der Waals surface area contributed by atoms with Crippen LogP contribution in [-0.4, -0.2) is 67.5 Å². The molecule has 0 atom stereocenters. The van der Waals surface area contributed by atoms with Gasteiger partial charge in [-0.2, -0.15) is 0 Å². The smallest absolute Gasteiger partial charge is 0.414 e. The molecule has 0 saturated carbocycles. The molecule has 4 aromatic carbocycles. The molecule has 0 aliphatic rings. The number of nitrogens with zero attached hydrogens (tertiary/aromatic N) is 5. The number of nitrogens with one attached hydrogen (secondary N) is 2. The number of aromatic nitrogens is 3. The van der Waals surface area contributed by atoms with Gasteiger partial charge in [-0.15, -0.1) is 0 Å². The van der Waals surface area contributed by atoms with Gasteiger partial charge >= 0.3 is 12.2 Å². The Kier molecular flexibility index (Phi) is 10.6. The molecular formula is C41H41N9O4. The van der Waals surface area contributed by atoms with Crippen molar-refractivity contribution in [1.29, 1.82) is 0 Å². The number of hydrogen-bond acceptors (Lipinski definition) is 11. The van der Waals surface area contributed by atoms with Gasteiger partial charge in [0.25, 0.3) is 0 Å². The number of hydrogen-bond donors (Lipinski definition) is 4. The maximum Gasteiger partial charge on any atom is 0.414 e. The van der Waals surface area contributed by atoms with Crippen LogP contribution in [0.4, 0.5) is 32.3 Å². The fraction of sp³-hybridized carbons (Fsp3) is 0.195. The number of carbonyl (C=O) groups excluding carboxylic acids is 2. The summed E-state index contributed by atoms with van der Waals surface area (Å²) in [5.74, 6) is 0. The highest BCUT2D eigenvalue weighted by Gasteiger charge is 2.18. The standard InChI is InChI=1S/C41H41N9O4/c1-53-40(51)49(34-12-13-36-29(20-34)19-27-7-10-30(42)21-37(27)47-36)16-14-44-24-32-4-3-5-33(46-32)25-45-15-17-50(41(52)54-2)35-11-8-28-18-26-6-9-31(43)22-38(26)48-39(28)23-35/h3-13,18-23,44-45H,14-17,24-25,42-43H2,1-2H3. The van der Waals surface area contributed by atoms with Gasteiger partial charge in [0.15, 0.2) is 0 Å². The van der Waals surface area contributed by atoms with E-state index in [0.717, 1.165) is 55.0 Å². The number of amides is 2. The van der Waals surface area contributed by atoms with Crippen molar-refractivity contribution in [2.45, 2.75) is 13.1 Å². The zero-order chi connectivity index (χ0) is 37.6. The van der Waals surface area contributed by atoms with Crippen molar-refractivity contribution in [3.8, 4) is 0 Å². The fourth-order valence-corrected chi connectivity index (χ4v) is 6.41. The number of rotatable bonds is 12. The second kappa shape index (κ2) is 16.0. The lowest BCUT2D eigenvalue weighted by Crippen LogP contribution is -2.37. The molecule has 7 rings (SSSR count). The van der Waals surface area contributed by atoms with Crippen LogP contribution in [0.25, 0.3) is 43.6 Å². The van der Waals surface area contributed by atoms with Gasteiger partial charge in [-0.25, -0.2) is 19.6 Å². The number of nitrogen functional groups attached to an aromatic ring is 2. The second-order valence-electron chi connectivity index (χ2n) is 12.9. The highest BCUT2D eigenvalue weighted by molar-refractivity contribution is 5.98. The van der Waals surface area contributed by atoms with Crippen LogP contribution in [0.5, 0.6) is 0 Å². The third kappa shape index (κ3) is 8.07. The number of ether oxygens (including phenoxy) is 2. The SMILES string of the molecule is COC(=O)N(CCNCc1cccc(CNCCN(C(=O)OC)c2ccc3cc4ccc(N)cc4nc3c2)n1)c1ccc2nc3cc(N)ccc3cc2c1. The Balaban J connectivity index is 0.933. The van der Waals surface area contributed by atoms with Crippen molar-refractivity contribution in [2.75, 3.05) is 61.7 Å². The van der Waals surface area contributed by atoms with Gasteiger partial charge in [0.2, 0.25) is 0 Å². The maximum absolute atomic E-state index is 12.8. The first-order chi connectivity index (χ1) is 26.3. The van der Waals surface area contributed by atoms with Crippen LogP contribution in [0.2, 0.25) is 0 Å². The van der Waals surface area contributed by atoms with E-state index >= 15 is 0 Å². The predicted molar refractivity (Wildman–Crippen MR) is 214 cm³/mol. The Morgan fingerprint density at radius 2 is 1.04 bits per heavy atom. The maximum atomic E-state index is 12.8. The van der Waals surface area contributed by atoms with Crippen LogP contribution < -0.4 is 31.9 Å². The van der Waals surface area contributed by atoms with Gasteiger partial charge in [-0.1, -0.05) is 24.3 Å².